The third-order valence-electron chi connectivity index (χ3n) is 4.41. The van der Waals surface area contributed by atoms with E-state index in [9.17, 15) is 9.18 Å². The van der Waals surface area contributed by atoms with Crippen molar-refractivity contribution < 1.29 is 13.9 Å². The molecule has 114 valence electrons. The molecule has 0 spiro atoms. The zero-order valence-electron chi connectivity index (χ0n) is 12.4. The van der Waals surface area contributed by atoms with Gasteiger partial charge in [0.25, 0.3) is 5.91 Å². The van der Waals surface area contributed by atoms with Gasteiger partial charge in [-0.2, -0.15) is 4.39 Å². The van der Waals surface area contributed by atoms with Gasteiger partial charge < -0.3 is 14.5 Å². The molecule has 0 unspecified atom stereocenters. The summed E-state index contributed by atoms with van der Waals surface area (Å²) in [5.41, 5.74) is 0.369. The summed E-state index contributed by atoms with van der Waals surface area (Å²) in [6, 6.07) is 2.76. The number of halogens is 1. The second kappa shape index (κ2) is 5.35. The van der Waals surface area contributed by atoms with E-state index in [2.05, 4.69) is 9.88 Å². The molecule has 3 heterocycles. The zero-order valence-corrected chi connectivity index (χ0v) is 12.4. The number of likely N-dealkylation sites (tertiary alicyclic amines) is 1. The van der Waals surface area contributed by atoms with Crippen molar-refractivity contribution in [3.8, 4) is 0 Å². The summed E-state index contributed by atoms with van der Waals surface area (Å²) in [7, 11) is 4.07. The van der Waals surface area contributed by atoms with E-state index in [0.29, 0.717) is 37.8 Å². The van der Waals surface area contributed by atoms with Crippen molar-refractivity contribution in [2.45, 2.75) is 0 Å². The molecule has 0 aromatic carbocycles. The monoisotopic (exact) mass is 293 g/mol. The van der Waals surface area contributed by atoms with E-state index >= 15 is 0 Å². The Morgan fingerprint density at radius 2 is 2.43 bits per heavy atom. The van der Waals surface area contributed by atoms with Crippen LogP contribution in [0.4, 0.5) is 4.39 Å². The molecule has 1 aromatic rings. The number of hydrogen-bond acceptors (Lipinski definition) is 4. The lowest BCUT2D eigenvalue weighted by Crippen LogP contribution is -2.41. The molecule has 2 aliphatic heterocycles. The summed E-state index contributed by atoms with van der Waals surface area (Å²) in [4.78, 5) is 20.0. The molecule has 0 saturated carbocycles. The van der Waals surface area contributed by atoms with Gasteiger partial charge in [0.1, 0.15) is 0 Å². The minimum absolute atomic E-state index is 0.00470. The highest BCUT2D eigenvalue weighted by atomic mass is 19.1. The third kappa shape index (κ3) is 2.65. The van der Waals surface area contributed by atoms with Gasteiger partial charge in [-0.15, -0.1) is 0 Å². The van der Waals surface area contributed by atoms with Gasteiger partial charge in [-0.05, 0) is 20.2 Å². The molecule has 2 fully saturated rings. The summed E-state index contributed by atoms with van der Waals surface area (Å²) in [6.45, 7) is 3.62. The fraction of sp³-hybridized carbons (Fsp3) is 0.600. The number of aromatic nitrogens is 1. The van der Waals surface area contributed by atoms with Gasteiger partial charge in [0.2, 0.25) is 5.95 Å². The van der Waals surface area contributed by atoms with Gasteiger partial charge >= 0.3 is 0 Å². The first kappa shape index (κ1) is 14.4. The van der Waals surface area contributed by atoms with Crippen molar-refractivity contribution in [3.63, 3.8) is 0 Å². The number of fused-ring (bicyclic) bond motifs is 1. The topological polar surface area (TPSA) is 45.7 Å². The second-order valence-corrected chi connectivity index (χ2v) is 6.37. The summed E-state index contributed by atoms with van der Waals surface area (Å²) in [5, 5.41) is 0. The van der Waals surface area contributed by atoms with Gasteiger partial charge in [-0.3, -0.25) is 4.79 Å². The molecule has 0 bridgehead atoms. The van der Waals surface area contributed by atoms with Crippen LogP contribution in [0.1, 0.15) is 10.4 Å². The van der Waals surface area contributed by atoms with Crippen LogP contribution in [0.25, 0.3) is 0 Å². The third-order valence-corrected chi connectivity index (χ3v) is 4.41. The van der Waals surface area contributed by atoms with E-state index in [1.165, 1.54) is 12.3 Å². The number of carbonyl (C=O) groups is 1. The average molecular weight is 293 g/mol. The quantitative estimate of drug-likeness (QED) is 0.776. The maximum absolute atomic E-state index is 13.2. The predicted octanol–water partition coefficient (Wildman–Crippen LogP) is 0.871. The lowest BCUT2D eigenvalue weighted by Gasteiger charge is -2.30. The lowest BCUT2D eigenvalue weighted by molar-refractivity contribution is 0.0696. The molecule has 2 aliphatic rings. The Balaban J connectivity index is 1.78. The molecule has 21 heavy (non-hydrogen) atoms. The van der Waals surface area contributed by atoms with Crippen LogP contribution in [-0.2, 0) is 4.74 Å². The van der Waals surface area contributed by atoms with E-state index < -0.39 is 5.95 Å². The molecule has 5 nitrogen and oxygen atoms in total. The van der Waals surface area contributed by atoms with E-state index in [0.717, 1.165) is 6.54 Å². The number of rotatable bonds is 3. The summed E-state index contributed by atoms with van der Waals surface area (Å²) >= 11 is 0. The van der Waals surface area contributed by atoms with E-state index in [1.54, 1.807) is 6.07 Å². The standard InChI is InChI=1S/C15H20FN3O2/c1-18(2)8-15-9-19(6-12(15)7-21-10-15)14(20)11-3-4-17-13(16)5-11/h3-5,12H,6-10H2,1-2H3/t12-,15+/m1/s1. The Kier molecular flexibility index (Phi) is 3.67. The van der Waals surface area contributed by atoms with Crippen LogP contribution in [0.5, 0.6) is 0 Å². The van der Waals surface area contributed by atoms with Crippen LogP contribution in [0.15, 0.2) is 18.3 Å². The van der Waals surface area contributed by atoms with Crippen LogP contribution >= 0.6 is 0 Å². The van der Waals surface area contributed by atoms with Crippen molar-refractivity contribution in [2.24, 2.45) is 11.3 Å². The van der Waals surface area contributed by atoms with Crippen LogP contribution in [0.3, 0.4) is 0 Å². The minimum Gasteiger partial charge on any atom is -0.380 e. The molecule has 0 radical (unpaired) electrons. The van der Waals surface area contributed by atoms with Gasteiger partial charge in [0.15, 0.2) is 0 Å². The maximum Gasteiger partial charge on any atom is 0.254 e. The first-order chi connectivity index (χ1) is 10.00. The molecule has 6 heteroatoms. The molecule has 0 N–H and O–H groups in total. The predicted molar refractivity (Wildman–Crippen MR) is 75.4 cm³/mol. The van der Waals surface area contributed by atoms with Gasteiger partial charge in [-0.1, -0.05) is 0 Å². The Hall–Kier alpha value is -1.53. The van der Waals surface area contributed by atoms with Crippen molar-refractivity contribution >= 4 is 5.91 Å². The fourth-order valence-corrected chi connectivity index (χ4v) is 3.56. The van der Waals surface area contributed by atoms with Gasteiger partial charge in [0.05, 0.1) is 13.2 Å². The first-order valence-corrected chi connectivity index (χ1v) is 7.13. The molecule has 1 aromatic heterocycles. The molecule has 2 atom stereocenters. The van der Waals surface area contributed by atoms with Gasteiger partial charge in [-0.25, -0.2) is 4.98 Å². The molecule has 2 saturated heterocycles. The second-order valence-electron chi connectivity index (χ2n) is 6.37. The lowest BCUT2D eigenvalue weighted by atomic mass is 9.81. The zero-order chi connectivity index (χ0) is 15.0. The number of pyridine rings is 1. The van der Waals surface area contributed by atoms with Crippen LogP contribution in [0, 0.1) is 17.3 Å². The van der Waals surface area contributed by atoms with Gasteiger partial charge in [0, 0.05) is 48.8 Å². The molecule has 3 rings (SSSR count). The van der Waals surface area contributed by atoms with Crippen molar-refractivity contribution in [3.05, 3.63) is 29.8 Å². The SMILES string of the molecule is CN(C)C[C@]12COC[C@H]1CN(C(=O)c1ccnc(F)c1)C2. The highest BCUT2D eigenvalue weighted by Crippen LogP contribution is 2.42. The Labute approximate surface area is 123 Å². The highest BCUT2D eigenvalue weighted by Gasteiger charge is 2.51. The van der Waals surface area contributed by atoms with Crippen molar-refractivity contribution in [1.29, 1.82) is 0 Å². The number of nitrogens with zero attached hydrogens (tertiary/aromatic N) is 3. The molecule has 0 aliphatic carbocycles. The number of ether oxygens (including phenoxy) is 1. The normalized spacial score (nSPS) is 28.2. The molecule has 1 amide bonds. The van der Waals surface area contributed by atoms with E-state index in [4.69, 9.17) is 4.74 Å². The van der Waals surface area contributed by atoms with Crippen molar-refractivity contribution in [2.75, 3.05) is 46.9 Å². The Morgan fingerprint density at radius 1 is 1.62 bits per heavy atom. The molecular weight excluding hydrogens is 273 g/mol. The van der Waals surface area contributed by atoms with Crippen molar-refractivity contribution in [1.82, 2.24) is 14.8 Å². The summed E-state index contributed by atoms with van der Waals surface area (Å²) < 4.78 is 18.8. The number of carbonyl (C=O) groups excluding carboxylic acids is 1. The van der Waals surface area contributed by atoms with E-state index in [1.807, 2.05) is 19.0 Å². The Bertz CT molecular complexity index is 551. The number of hydrogen-bond donors (Lipinski definition) is 0. The number of amides is 1. The fourth-order valence-electron chi connectivity index (χ4n) is 3.56. The first-order valence-electron chi connectivity index (χ1n) is 7.13. The van der Waals surface area contributed by atoms with Crippen LogP contribution in [-0.4, -0.2) is 67.6 Å². The highest BCUT2D eigenvalue weighted by molar-refractivity contribution is 5.94. The van der Waals surface area contributed by atoms with E-state index in [-0.39, 0.29) is 11.3 Å². The van der Waals surface area contributed by atoms with Crippen LogP contribution < -0.4 is 0 Å². The smallest absolute Gasteiger partial charge is 0.254 e. The molecular formula is C15H20FN3O2. The Morgan fingerprint density at radius 3 is 3.14 bits per heavy atom. The minimum atomic E-state index is -0.619. The maximum atomic E-state index is 13.2. The van der Waals surface area contributed by atoms with Crippen LogP contribution in [0.2, 0.25) is 0 Å². The largest absolute Gasteiger partial charge is 0.380 e. The summed E-state index contributed by atoms with van der Waals surface area (Å²) in [5.74, 6) is -0.383. The summed E-state index contributed by atoms with van der Waals surface area (Å²) in [6.07, 6.45) is 1.33. The average Bonchev–Trinajstić information content (AvgIpc) is 2.93.